The van der Waals surface area contributed by atoms with Gasteiger partial charge in [0, 0.05) is 25.2 Å². The lowest BCUT2D eigenvalue weighted by molar-refractivity contribution is -0.124. The van der Waals surface area contributed by atoms with Crippen LogP contribution < -0.4 is 24.8 Å². The highest BCUT2D eigenvalue weighted by molar-refractivity contribution is 5.99. The van der Waals surface area contributed by atoms with E-state index in [1.807, 2.05) is 32.0 Å². The maximum Gasteiger partial charge on any atom is 0.255 e. The number of amides is 2. The summed E-state index contributed by atoms with van der Waals surface area (Å²) in [5.41, 5.74) is 1.19. The van der Waals surface area contributed by atoms with Crippen LogP contribution in [0, 0.1) is 5.92 Å². The molecule has 0 aromatic heterocycles. The molecule has 2 aromatic rings. The quantitative estimate of drug-likeness (QED) is 0.618. The zero-order chi connectivity index (χ0) is 24.1. The van der Waals surface area contributed by atoms with Crippen molar-refractivity contribution in [2.24, 2.45) is 5.92 Å². The van der Waals surface area contributed by atoms with Crippen LogP contribution in [0.1, 0.15) is 42.6 Å². The Labute approximate surface area is 199 Å². The summed E-state index contributed by atoms with van der Waals surface area (Å²) >= 11 is 0. The molecule has 0 saturated carbocycles. The van der Waals surface area contributed by atoms with Gasteiger partial charge >= 0.3 is 0 Å². The first-order valence-corrected chi connectivity index (χ1v) is 11.6. The van der Waals surface area contributed by atoms with Crippen molar-refractivity contribution in [3.63, 3.8) is 0 Å². The summed E-state index contributed by atoms with van der Waals surface area (Å²) in [5.74, 6) is 1.25. The predicted molar refractivity (Wildman–Crippen MR) is 126 cm³/mol. The van der Waals surface area contributed by atoms with E-state index in [0.29, 0.717) is 31.1 Å². The van der Waals surface area contributed by atoms with Crippen molar-refractivity contribution in [3.8, 4) is 17.2 Å². The average Bonchev–Trinajstić information content (AvgIpc) is 3.34. The Hall–Kier alpha value is -3.26. The van der Waals surface area contributed by atoms with Crippen LogP contribution in [-0.2, 0) is 14.9 Å². The minimum atomic E-state index is -0.689. The fourth-order valence-electron chi connectivity index (χ4n) is 4.51. The molecule has 1 unspecified atom stereocenters. The molecule has 0 radical (unpaired) electrons. The molecule has 1 saturated heterocycles. The smallest absolute Gasteiger partial charge is 0.255 e. The van der Waals surface area contributed by atoms with E-state index < -0.39 is 6.04 Å². The number of rotatable bonds is 8. The fourth-order valence-corrected chi connectivity index (χ4v) is 4.51. The van der Waals surface area contributed by atoms with Crippen molar-refractivity contribution in [3.05, 3.63) is 53.6 Å². The minimum Gasteiger partial charge on any atom is -0.496 e. The lowest BCUT2D eigenvalue weighted by atomic mass is 9.74. The third-order valence-corrected chi connectivity index (χ3v) is 6.62. The number of carbonyl (C=O) groups is 2. The fraction of sp³-hybridized carbons (Fsp3) is 0.462. The zero-order valence-corrected chi connectivity index (χ0v) is 19.9. The molecule has 2 aliphatic rings. The Morgan fingerprint density at radius 2 is 1.79 bits per heavy atom. The number of methoxy groups -OCH3 is 1. The first kappa shape index (κ1) is 23.9. The van der Waals surface area contributed by atoms with E-state index in [1.54, 1.807) is 24.3 Å². The Kier molecular flexibility index (Phi) is 7.26. The molecule has 0 bridgehead atoms. The van der Waals surface area contributed by atoms with Gasteiger partial charge in [-0.25, -0.2) is 0 Å². The summed E-state index contributed by atoms with van der Waals surface area (Å²) in [7, 11) is 1.52. The number of fused-ring (bicyclic) bond motifs is 1. The second-order valence-corrected chi connectivity index (χ2v) is 9.07. The van der Waals surface area contributed by atoms with Gasteiger partial charge in [-0.15, -0.1) is 0 Å². The molecular weight excluding hydrogens is 436 g/mol. The molecule has 4 rings (SSSR count). The number of carbonyl (C=O) groups excluding carboxylic acids is 2. The number of ether oxygens (including phenoxy) is 4. The Bertz CT molecular complexity index is 1030. The molecule has 8 nitrogen and oxygen atoms in total. The standard InChI is InChI=1S/C26H32N2O6/c1-17(2)23(28-24(29)19-6-4-5-7-20(19)31-3)25(30)27-15-26(10-12-32-13-11-26)18-8-9-21-22(14-18)34-16-33-21/h4-9,14,17,23H,10-13,15-16H2,1-3H3,(H,27,30)(H,28,29). The van der Waals surface area contributed by atoms with E-state index in [9.17, 15) is 9.59 Å². The number of hydrogen-bond acceptors (Lipinski definition) is 6. The molecule has 2 aromatic carbocycles. The molecule has 2 heterocycles. The number of benzene rings is 2. The lowest BCUT2D eigenvalue weighted by Crippen LogP contribution is -2.53. The summed E-state index contributed by atoms with van der Waals surface area (Å²) < 4.78 is 21.9. The molecule has 1 fully saturated rings. The van der Waals surface area contributed by atoms with Crippen LogP contribution in [0.4, 0.5) is 0 Å². The number of para-hydroxylation sites is 1. The van der Waals surface area contributed by atoms with E-state index in [2.05, 4.69) is 10.6 Å². The van der Waals surface area contributed by atoms with Crippen LogP contribution in [0.5, 0.6) is 17.2 Å². The molecular formula is C26H32N2O6. The normalized spacial score (nSPS) is 17.2. The van der Waals surface area contributed by atoms with Gasteiger partial charge in [0.1, 0.15) is 11.8 Å². The lowest BCUT2D eigenvalue weighted by Gasteiger charge is -2.38. The number of hydrogen-bond donors (Lipinski definition) is 2. The van der Waals surface area contributed by atoms with Crippen molar-refractivity contribution in [2.45, 2.75) is 38.1 Å². The Balaban J connectivity index is 1.49. The highest BCUT2D eigenvalue weighted by atomic mass is 16.7. The van der Waals surface area contributed by atoms with E-state index in [0.717, 1.165) is 29.9 Å². The summed E-state index contributed by atoms with van der Waals surface area (Å²) in [4.78, 5) is 26.2. The van der Waals surface area contributed by atoms with E-state index in [1.165, 1.54) is 7.11 Å². The van der Waals surface area contributed by atoms with E-state index >= 15 is 0 Å². The SMILES string of the molecule is COc1ccccc1C(=O)NC(C(=O)NCC1(c2ccc3c(c2)OCO3)CCOCC1)C(C)C. The van der Waals surface area contributed by atoms with E-state index in [4.69, 9.17) is 18.9 Å². The zero-order valence-electron chi connectivity index (χ0n) is 19.9. The van der Waals surface area contributed by atoms with Gasteiger partial charge in [-0.2, -0.15) is 0 Å². The predicted octanol–water partition coefficient (Wildman–Crippen LogP) is 3.04. The highest BCUT2D eigenvalue weighted by Crippen LogP contribution is 2.40. The van der Waals surface area contributed by atoms with Crippen LogP contribution in [0.25, 0.3) is 0 Å². The first-order valence-electron chi connectivity index (χ1n) is 11.6. The molecule has 2 aliphatic heterocycles. The average molecular weight is 469 g/mol. The van der Waals surface area contributed by atoms with Crippen molar-refractivity contribution in [1.29, 1.82) is 0 Å². The van der Waals surface area contributed by atoms with Gasteiger partial charge in [0.2, 0.25) is 12.7 Å². The maximum atomic E-state index is 13.3. The van der Waals surface area contributed by atoms with Crippen molar-refractivity contribution in [1.82, 2.24) is 10.6 Å². The molecule has 0 spiro atoms. The molecule has 0 aliphatic carbocycles. The molecule has 2 amide bonds. The third kappa shape index (κ3) is 4.97. The monoisotopic (exact) mass is 468 g/mol. The second kappa shape index (κ2) is 10.3. The van der Waals surface area contributed by atoms with Gasteiger partial charge in [-0.05, 0) is 48.6 Å². The maximum absolute atomic E-state index is 13.3. The van der Waals surface area contributed by atoms with Gasteiger partial charge in [-0.1, -0.05) is 32.0 Å². The van der Waals surface area contributed by atoms with Gasteiger partial charge in [0.15, 0.2) is 11.5 Å². The van der Waals surface area contributed by atoms with Gasteiger partial charge in [-0.3, -0.25) is 9.59 Å². The van der Waals surface area contributed by atoms with Gasteiger partial charge in [0.05, 0.1) is 12.7 Å². The summed E-state index contributed by atoms with van der Waals surface area (Å²) in [6, 6.07) is 12.2. The Morgan fingerprint density at radius 3 is 2.53 bits per heavy atom. The number of nitrogens with one attached hydrogen (secondary N) is 2. The van der Waals surface area contributed by atoms with Crippen LogP contribution in [0.2, 0.25) is 0 Å². The molecule has 34 heavy (non-hydrogen) atoms. The molecule has 2 N–H and O–H groups in total. The second-order valence-electron chi connectivity index (χ2n) is 9.07. The summed E-state index contributed by atoms with van der Waals surface area (Å²) in [6.45, 7) is 5.70. The third-order valence-electron chi connectivity index (χ3n) is 6.62. The summed E-state index contributed by atoms with van der Waals surface area (Å²) in [6.07, 6.45) is 1.54. The van der Waals surface area contributed by atoms with Crippen LogP contribution in [0.15, 0.2) is 42.5 Å². The van der Waals surface area contributed by atoms with Crippen LogP contribution in [0.3, 0.4) is 0 Å². The van der Waals surface area contributed by atoms with Gasteiger partial charge in [0.25, 0.3) is 5.91 Å². The first-order chi connectivity index (χ1) is 16.4. The van der Waals surface area contributed by atoms with Crippen molar-refractivity contribution in [2.75, 3.05) is 33.7 Å². The Morgan fingerprint density at radius 1 is 1.06 bits per heavy atom. The van der Waals surface area contributed by atoms with E-state index in [-0.39, 0.29) is 29.9 Å². The van der Waals surface area contributed by atoms with Crippen LogP contribution >= 0.6 is 0 Å². The molecule has 182 valence electrons. The topological polar surface area (TPSA) is 95.1 Å². The molecule has 8 heteroatoms. The van der Waals surface area contributed by atoms with Gasteiger partial charge < -0.3 is 29.6 Å². The highest BCUT2D eigenvalue weighted by Gasteiger charge is 2.37. The van der Waals surface area contributed by atoms with Crippen LogP contribution in [-0.4, -0.2) is 51.5 Å². The minimum absolute atomic E-state index is 0.102. The van der Waals surface area contributed by atoms with Crippen molar-refractivity contribution < 1.29 is 28.5 Å². The summed E-state index contributed by atoms with van der Waals surface area (Å²) in [5, 5.41) is 6.00. The largest absolute Gasteiger partial charge is 0.496 e. The molecule has 1 atom stereocenters. The van der Waals surface area contributed by atoms with Crippen molar-refractivity contribution >= 4 is 11.8 Å².